The van der Waals surface area contributed by atoms with Crippen LogP contribution in [0.3, 0.4) is 0 Å². The first-order valence-electron chi connectivity index (χ1n) is 9.23. The van der Waals surface area contributed by atoms with E-state index in [1.54, 1.807) is 13.8 Å². The van der Waals surface area contributed by atoms with Gasteiger partial charge in [-0.1, -0.05) is 19.9 Å². The van der Waals surface area contributed by atoms with Crippen molar-refractivity contribution in [1.82, 2.24) is 0 Å². The van der Waals surface area contributed by atoms with Crippen LogP contribution in [0.4, 0.5) is 24.5 Å². The van der Waals surface area contributed by atoms with Gasteiger partial charge in [0.25, 0.3) is 10.0 Å². The second-order valence-corrected chi connectivity index (χ2v) is 8.83. The van der Waals surface area contributed by atoms with Gasteiger partial charge in [0.15, 0.2) is 0 Å². The predicted octanol–water partition coefficient (Wildman–Crippen LogP) is 3.90. The summed E-state index contributed by atoms with van der Waals surface area (Å²) in [5.74, 6) is -1.67. The first-order chi connectivity index (χ1) is 14.3. The number of anilines is 2. The summed E-state index contributed by atoms with van der Waals surface area (Å²) in [6, 6.07) is 8.57. The van der Waals surface area contributed by atoms with Crippen molar-refractivity contribution in [3.8, 4) is 5.75 Å². The van der Waals surface area contributed by atoms with Crippen LogP contribution in [-0.4, -0.2) is 32.4 Å². The highest BCUT2D eigenvalue weighted by Gasteiger charge is 2.31. The molecule has 0 heterocycles. The average molecular weight is 460 g/mol. The monoisotopic (exact) mass is 460 g/mol. The van der Waals surface area contributed by atoms with Crippen molar-refractivity contribution < 1.29 is 36.2 Å². The molecule has 0 aliphatic carbocycles. The summed E-state index contributed by atoms with van der Waals surface area (Å²) in [6.45, 7) is 4.78. The number of rotatable bonds is 8. The Bertz CT molecular complexity index is 1040. The van der Waals surface area contributed by atoms with Gasteiger partial charge in [-0.2, -0.15) is 0 Å². The van der Waals surface area contributed by atoms with E-state index in [-0.39, 0.29) is 23.1 Å². The first-order valence-corrected chi connectivity index (χ1v) is 10.7. The fourth-order valence-electron chi connectivity index (χ4n) is 2.83. The molecule has 170 valence electrons. The van der Waals surface area contributed by atoms with E-state index < -0.39 is 34.0 Å². The molecule has 0 bridgehead atoms. The second kappa shape index (κ2) is 9.56. The minimum atomic E-state index is -4.90. The minimum Gasteiger partial charge on any atom is -0.406 e. The molecule has 0 radical (unpaired) electrons. The zero-order valence-corrected chi connectivity index (χ0v) is 17.8. The molecular formula is C20H23F3N2O5S. The zero-order chi connectivity index (χ0) is 23.4. The van der Waals surface area contributed by atoms with Crippen molar-refractivity contribution in [3.05, 3.63) is 48.0 Å². The van der Waals surface area contributed by atoms with E-state index in [4.69, 9.17) is 0 Å². The summed E-state index contributed by atoms with van der Waals surface area (Å²) < 4.78 is 68.5. The fraction of sp³-hybridized carbons (Fsp3) is 0.350. The lowest BCUT2D eigenvalue weighted by atomic mass is 9.96. The Morgan fingerprint density at radius 1 is 1.13 bits per heavy atom. The highest BCUT2D eigenvalue weighted by atomic mass is 32.2. The number of halogens is 3. The Morgan fingerprint density at radius 2 is 1.81 bits per heavy atom. The molecule has 0 saturated heterocycles. The number of carbonyl (C=O) groups excluding carboxylic acids is 1. The van der Waals surface area contributed by atoms with E-state index in [2.05, 4.69) is 14.8 Å². The molecule has 2 aromatic rings. The number of alkyl halides is 3. The molecule has 2 aromatic carbocycles. The number of aliphatic hydroxyl groups excluding tert-OH is 1. The number of nitrogens with one attached hydrogen (secondary N) is 2. The van der Waals surface area contributed by atoms with Gasteiger partial charge >= 0.3 is 6.36 Å². The van der Waals surface area contributed by atoms with Crippen molar-refractivity contribution in [2.24, 2.45) is 11.8 Å². The number of aryl methyl sites for hydroxylation is 1. The Hall–Kier alpha value is -2.79. The molecule has 11 heteroatoms. The molecule has 0 saturated carbocycles. The van der Waals surface area contributed by atoms with Crippen LogP contribution in [0.2, 0.25) is 0 Å². The summed E-state index contributed by atoms with van der Waals surface area (Å²) in [7, 11) is -4.12. The van der Waals surface area contributed by atoms with Crippen LogP contribution in [0.5, 0.6) is 5.75 Å². The molecule has 0 aliphatic rings. The van der Waals surface area contributed by atoms with Gasteiger partial charge in [-0.25, -0.2) is 8.42 Å². The van der Waals surface area contributed by atoms with Gasteiger partial charge in [0.2, 0.25) is 5.91 Å². The van der Waals surface area contributed by atoms with E-state index in [0.717, 1.165) is 12.1 Å². The topological polar surface area (TPSA) is 105 Å². The molecule has 0 aromatic heterocycles. The van der Waals surface area contributed by atoms with Crippen LogP contribution < -0.4 is 14.8 Å². The predicted molar refractivity (Wildman–Crippen MR) is 109 cm³/mol. The summed E-state index contributed by atoms with van der Waals surface area (Å²) in [5.41, 5.74) is 0.542. The van der Waals surface area contributed by atoms with Gasteiger partial charge in [-0.05, 0) is 48.7 Å². The number of hydrogen-bond acceptors (Lipinski definition) is 5. The number of aliphatic hydroxyl groups is 1. The van der Waals surface area contributed by atoms with Crippen molar-refractivity contribution in [2.45, 2.75) is 32.0 Å². The lowest BCUT2D eigenvalue weighted by molar-refractivity contribution is -0.274. The van der Waals surface area contributed by atoms with Crippen molar-refractivity contribution >= 4 is 27.3 Å². The van der Waals surface area contributed by atoms with Gasteiger partial charge in [-0.15, -0.1) is 13.2 Å². The third-order valence-corrected chi connectivity index (χ3v) is 5.93. The lowest BCUT2D eigenvalue weighted by Crippen LogP contribution is -2.29. The summed E-state index contributed by atoms with van der Waals surface area (Å²) >= 11 is 0. The van der Waals surface area contributed by atoms with E-state index in [0.29, 0.717) is 11.3 Å². The molecular weight excluding hydrogens is 437 g/mol. The highest BCUT2D eigenvalue weighted by molar-refractivity contribution is 7.92. The smallest absolute Gasteiger partial charge is 0.406 e. The number of hydrogen-bond donors (Lipinski definition) is 3. The maximum absolute atomic E-state index is 12.7. The normalized spacial score (nSPS) is 13.0. The lowest BCUT2D eigenvalue weighted by Gasteiger charge is -2.18. The third-order valence-electron chi connectivity index (χ3n) is 4.39. The minimum absolute atomic E-state index is 0.0907. The summed E-state index contributed by atoms with van der Waals surface area (Å²) in [5, 5.41) is 12.0. The van der Waals surface area contributed by atoms with Crippen LogP contribution in [-0.2, 0) is 14.8 Å². The number of carbonyl (C=O) groups is 1. The Morgan fingerprint density at radius 3 is 2.35 bits per heavy atom. The Labute approximate surface area is 178 Å². The molecule has 0 aliphatic heterocycles. The van der Waals surface area contributed by atoms with Crippen LogP contribution in [0, 0.1) is 18.8 Å². The Kier molecular flexibility index (Phi) is 7.55. The molecule has 0 unspecified atom stereocenters. The highest BCUT2D eigenvalue weighted by Crippen LogP contribution is 2.27. The molecule has 0 spiro atoms. The van der Waals surface area contributed by atoms with Gasteiger partial charge in [0, 0.05) is 11.8 Å². The van der Waals surface area contributed by atoms with Gasteiger partial charge in [-0.3, -0.25) is 9.52 Å². The molecule has 0 fully saturated rings. The average Bonchev–Trinajstić information content (AvgIpc) is 2.60. The molecule has 1 atom stereocenters. The second-order valence-electron chi connectivity index (χ2n) is 7.18. The quantitative estimate of drug-likeness (QED) is 0.554. The van der Waals surface area contributed by atoms with E-state index in [9.17, 15) is 31.5 Å². The SMILES string of the molecule is Cc1cc(NC(=O)[C@@H](CO)C(C)C)ccc1S(=O)(=O)Nc1cccc(OC(F)(F)F)c1. The first kappa shape index (κ1) is 24.5. The number of amides is 1. The van der Waals surface area contributed by atoms with Crippen LogP contribution in [0.1, 0.15) is 19.4 Å². The largest absolute Gasteiger partial charge is 0.573 e. The maximum Gasteiger partial charge on any atom is 0.573 e. The Balaban J connectivity index is 2.21. The molecule has 1 amide bonds. The van der Waals surface area contributed by atoms with Gasteiger partial charge < -0.3 is 15.2 Å². The van der Waals surface area contributed by atoms with Gasteiger partial charge in [0.05, 0.1) is 23.1 Å². The van der Waals surface area contributed by atoms with Crippen molar-refractivity contribution in [2.75, 3.05) is 16.6 Å². The number of benzene rings is 2. The standard InChI is InChI=1S/C20H23F3N2O5S/c1-12(2)17(11-26)19(27)24-14-7-8-18(13(3)9-14)31(28,29)25-15-5-4-6-16(10-15)30-20(21,22)23/h4-10,12,17,25-26H,11H2,1-3H3,(H,24,27)/t17-/m0/s1. The summed E-state index contributed by atoms with van der Waals surface area (Å²) in [4.78, 5) is 12.1. The molecule has 7 nitrogen and oxygen atoms in total. The van der Waals surface area contributed by atoms with Crippen LogP contribution >= 0.6 is 0 Å². The number of sulfonamides is 1. The van der Waals surface area contributed by atoms with E-state index in [1.807, 2.05) is 0 Å². The van der Waals surface area contributed by atoms with Crippen molar-refractivity contribution in [1.29, 1.82) is 0 Å². The molecule has 2 rings (SSSR count). The van der Waals surface area contributed by atoms with Gasteiger partial charge in [0.1, 0.15) is 5.75 Å². The van der Waals surface area contributed by atoms with Crippen LogP contribution in [0.15, 0.2) is 47.4 Å². The number of ether oxygens (including phenoxy) is 1. The third kappa shape index (κ3) is 6.86. The summed E-state index contributed by atoms with van der Waals surface area (Å²) in [6.07, 6.45) is -4.90. The fourth-order valence-corrected chi connectivity index (χ4v) is 4.10. The molecule has 31 heavy (non-hydrogen) atoms. The maximum atomic E-state index is 12.7. The van der Waals surface area contributed by atoms with E-state index in [1.165, 1.54) is 37.3 Å². The molecule has 3 N–H and O–H groups in total. The van der Waals surface area contributed by atoms with Crippen LogP contribution in [0.25, 0.3) is 0 Å². The van der Waals surface area contributed by atoms with E-state index >= 15 is 0 Å². The van der Waals surface area contributed by atoms with Crippen molar-refractivity contribution in [3.63, 3.8) is 0 Å². The zero-order valence-electron chi connectivity index (χ0n) is 17.0.